The summed E-state index contributed by atoms with van der Waals surface area (Å²) < 4.78 is 0. The summed E-state index contributed by atoms with van der Waals surface area (Å²) in [5.74, 6) is 1.40. The van der Waals surface area contributed by atoms with Crippen LogP contribution in [-0.2, 0) is 0 Å². The SMILES string of the molecule is OCCCNc1nc(-c2sccc2Cl)nc2ccccc12. The number of benzene rings is 1. The highest BCUT2D eigenvalue weighted by molar-refractivity contribution is 7.14. The van der Waals surface area contributed by atoms with Gasteiger partial charge in [-0.05, 0) is 30.0 Å². The summed E-state index contributed by atoms with van der Waals surface area (Å²) in [6.45, 7) is 0.814. The van der Waals surface area contributed by atoms with E-state index in [0.717, 1.165) is 21.6 Å². The maximum absolute atomic E-state index is 8.91. The second kappa shape index (κ2) is 6.39. The molecule has 2 heterocycles. The summed E-state index contributed by atoms with van der Waals surface area (Å²) in [7, 11) is 0. The van der Waals surface area contributed by atoms with E-state index < -0.39 is 0 Å². The summed E-state index contributed by atoms with van der Waals surface area (Å²) in [5, 5.41) is 15.7. The predicted molar refractivity (Wildman–Crippen MR) is 88.1 cm³/mol. The molecule has 0 fully saturated rings. The van der Waals surface area contributed by atoms with Crippen LogP contribution in [0.4, 0.5) is 5.82 Å². The first-order valence-corrected chi connectivity index (χ1v) is 7.90. The zero-order valence-corrected chi connectivity index (χ0v) is 12.8. The van der Waals surface area contributed by atoms with Gasteiger partial charge in [0.2, 0.25) is 0 Å². The number of hydrogen-bond acceptors (Lipinski definition) is 5. The molecule has 21 heavy (non-hydrogen) atoms. The highest BCUT2D eigenvalue weighted by Gasteiger charge is 2.12. The van der Waals surface area contributed by atoms with Gasteiger partial charge in [0.15, 0.2) is 5.82 Å². The number of para-hydroxylation sites is 1. The Labute approximate surface area is 131 Å². The number of halogens is 1. The van der Waals surface area contributed by atoms with E-state index in [4.69, 9.17) is 16.7 Å². The summed E-state index contributed by atoms with van der Waals surface area (Å²) in [4.78, 5) is 10.1. The molecule has 1 aromatic carbocycles. The fourth-order valence-corrected chi connectivity index (χ4v) is 3.13. The molecule has 3 aromatic rings. The maximum atomic E-state index is 8.91. The van der Waals surface area contributed by atoms with E-state index >= 15 is 0 Å². The van der Waals surface area contributed by atoms with Crippen LogP contribution in [0.15, 0.2) is 35.7 Å². The van der Waals surface area contributed by atoms with E-state index in [2.05, 4.69) is 15.3 Å². The van der Waals surface area contributed by atoms with E-state index in [1.807, 2.05) is 35.7 Å². The number of nitrogens with zero attached hydrogens (tertiary/aromatic N) is 2. The third-order valence-corrected chi connectivity index (χ3v) is 4.39. The molecule has 0 unspecified atom stereocenters. The minimum Gasteiger partial charge on any atom is -0.396 e. The molecule has 0 bridgehead atoms. The number of rotatable bonds is 5. The van der Waals surface area contributed by atoms with Gasteiger partial charge in [0, 0.05) is 18.5 Å². The van der Waals surface area contributed by atoms with Gasteiger partial charge >= 0.3 is 0 Å². The van der Waals surface area contributed by atoms with Gasteiger partial charge in [0.1, 0.15) is 5.82 Å². The zero-order valence-electron chi connectivity index (χ0n) is 11.2. The minimum absolute atomic E-state index is 0.152. The van der Waals surface area contributed by atoms with Gasteiger partial charge in [-0.3, -0.25) is 0 Å². The Balaban J connectivity index is 2.08. The van der Waals surface area contributed by atoms with Crippen LogP contribution in [0.25, 0.3) is 21.6 Å². The first-order valence-electron chi connectivity index (χ1n) is 6.64. The molecule has 0 amide bonds. The Morgan fingerprint density at radius 2 is 2.05 bits per heavy atom. The number of nitrogens with one attached hydrogen (secondary N) is 1. The van der Waals surface area contributed by atoms with Crippen molar-refractivity contribution in [3.63, 3.8) is 0 Å². The molecule has 2 N–H and O–H groups in total. The third-order valence-electron chi connectivity index (χ3n) is 3.05. The Bertz CT molecular complexity index is 760. The van der Waals surface area contributed by atoms with Crippen LogP contribution in [0.3, 0.4) is 0 Å². The lowest BCUT2D eigenvalue weighted by molar-refractivity contribution is 0.292. The van der Waals surface area contributed by atoms with Gasteiger partial charge in [-0.25, -0.2) is 9.97 Å². The number of aromatic nitrogens is 2. The molecule has 108 valence electrons. The van der Waals surface area contributed by atoms with E-state index in [-0.39, 0.29) is 6.61 Å². The van der Waals surface area contributed by atoms with Gasteiger partial charge < -0.3 is 10.4 Å². The van der Waals surface area contributed by atoms with Crippen LogP contribution in [0.5, 0.6) is 0 Å². The molecule has 3 rings (SSSR count). The van der Waals surface area contributed by atoms with Crippen LogP contribution in [-0.4, -0.2) is 28.2 Å². The minimum atomic E-state index is 0.152. The summed E-state index contributed by atoms with van der Waals surface area (Å²) in [5.41, 5.74) is 0.874. The largest absolute Gasteiger partial charge is 0.396 e. The molecule has 0 saturated carbocycles. The first kappa shape index (κ1) is 14.3. The van der Waals surface area contributed by atoms with Crippen molar-refractivity contribution in [3.8, 4) is 10.7 Å². The zero-order chi connectivity index (χ0) is 14.7. The third kappa shape index (κ3) is 3.00. The van der Waals surface area contributed by atoms with Crippen LogP contribution in [0.2, 0.25) is 5.02 Å². The second-order valence-electron chi connectivity index (χ2n) is 4.51. The molecule has 0 atom stereocenters. The van der Waals surface area contributed by atoms with E-state index in [0.29, 0.717) is 23.8 Å². The quantitative estimate of drug-likeness (QED) is 0.702. The maximum Gasteiger partial charge on any atom is 0.173 e. The summed E-state index contributed by atoms with van der Waals surface area (Å²) >= 11 is 7.71. The molecule has 0 aliphatic carbocycles. The molecule has 0 aliphatic heterocycles. The standard InChI is InChI=1S/C15H14ClN3OS/c16-11-6-9-21-13(11)15-18-12-5-2-1-4-10(12)14(19-15)17-7-3-8-20/h1-2,4-6,9,20H,3,7-8H2,(H,17,18,19). The van der Waals surface area contributed by atoms with Crippen LogP contribution >= 0.6 is 22.9 Å². The lowest BCUT2D eigenvalue weighted by Gasteiger charge is -2.10. The molecule has 2 aromatic heterocycles. The van der Waals surface area contributed by atoms with Crippen molar-refractivity contribution in [3.05, 3.63) is 40.7 Å². The van der Waals surface area contributed by atoms with E-state index in [1.165, 1.54) is 11.3 Å². The average Bonchev–Trinajstić information content (AvgIpc) is 2.93. The Hall–Kier alpha value is -1.69. The lowest BCUT2D eigenvalue weighted by Crippen LogP contribution is -2.06. The van der Waals surface area contributed by atoms with Gasteiger partial charge in [0.25, 0.3) is 0 Å². The molecule has 0 spiro atoms. The highest BCUT2D eigenvalue weighted by Crippen LogP contribution is 2.33. The summed E-state index contributed by atoms with van der Waals surface area (Å²) in [6, 6.07) is 9.70. The fraction of sp³-hybridized carbons (Fsp3) is 0.200. The average molecular weight is 320 g/mol. The van der Waals surface area contributed by atoms with Crippen LogP contribution < -0.4 is 5.32 Å². The lowest BCUT2D eigenvalue weighted by atomic mass is 10.2. The predicted octanol–water partition coefficient (Wildman–Crippen LogP) is 3.81. The van der Waals surface area contributed by atoms with Gasteiger partial charge in [0.05, 0.1) is 15.4 Å². The van der Waals surface area contributed by atoms with Gasteiger partial charge in [-0.15, -0.1) is 11.3 Å². The van der Waals surface area contributed by atoms with Crippen LogP contribution in [0, 0.1) is 0 Å². The summed E-state index contributed by atoms with van der Waals surface area (Å²) in [6.07, 6.45) is 0.674. The molecule has 4 nitrogen and oxygen atoms in total. The number of fused-ring (bicyclic) bond motifs is 1. The number of hydrogen-bond donors (Lipinski definition) is 2. The molecular formula is C15H14ClN3OS. The topological polar surface area (TPSA) is 58.0 Å². The van der Waals surface area contributed by atoms with Crippen LogP contribution in [0.1, 0.15) is 6.42 Å². The van der Waals surface area contributed by atoms with Crippen molar-refractivity contribution in [2.75, 3.05) is 18.5 Å². The van der Waals surface area contributed by atoms with Crippen molar-refractivity contribution in [2.45, 2.75) is 6.42 Å². The molecule has 0 radical (unpaired) electrons. The van der Waals surface area contributed by atoms with Crippen molar-refractivity contribution < 1.29 is 5.11 Å². The first-order chi connectivity index (χ1) is 10.3. The van der Waals surface area contributed by atoms with Gasteiger partial charge in [-0.1, -0.05) is 23.7 Å². The molecule has 0 aliphatic rings. The normalized spacial score (nSPS) is 11.0. The fourth-order valence-electron chi connectivity index (χ4n) is 2.05. The van der Waals surface area contributed by atoms with Crippen molar-refractivity contribution >= 4 is 39.7 Å². The molecular weight excluding hydrogens is 306 g/mol. The molecule has 0 saturated heterocycles. The Kier molecular flexibility index (Phi) is 4.34. The Morgan fingerprint density at radius 1 is 1.19 bits per heavy atom. The van der Waals surface area contributed by atoms with E-state index in [9.17, 15) is 0 Å². The highest BCUT2D eigenvalue weighted by atomic mass is 35.5. The van der Waals surface area contributed by atoms with Crippen molar-refractivity contribution in [1.29, 1.82) is 0 Å². The van der Waals surface area contributed by atoms with E-state index in [1.54, 1.807) is 0 Å². The smallest absolute Gasteiger partial charge is 0.173 e. The molecule has 6 heteroatoms. The number of thiophene rings is 1. The van der Waals surface area contributed by atoms with Crippen molar-refractivity contribution in [2.24, 2.45) is 0 Å². The van der Waals surface area contributed by atoms with Gasteiger partial charge in [-0.2, -0.15) is 0 Å². The monoisotopic (exact) mass is 319 g/mol. The second-order valence-corrected chi connectivity index (χ2v) is 5.84. The number of aliphatic hydroxyl groups excluding tert-OH is 1. The van der Waals surface area contributed by atoms with Crippen molar-refractivity contribution in [1.82, 2.24) is 9.97 Å². The number of aliphatic hydroxyl groups is 1. The Morgan fingerprint density at radius 3 is 2.81 bits per heavy atom. The number of anilines is 1.